The van der Waals surface area contributed by atoms with E-state index in [-0.39, 0.29) is 17.6 Å². The zero-order chi connectivity index (χ0) is 19.3. The first-order valence-electron chi connectivity index (χ1n) is 8.74. The van der Waals surface area contributed by atoms with E-state index in [2.05, 4.69) is 20.7 Å². The highest BCUT2D eigenvalue weighted by Crippen LogP contribution is 2.21. The summed E-state index contributed by atoms with van der Waals surface area (Å²) in [7, 11) is 3.39. The molecule has 0 spiro atoms. The van der Waals surface area contributed by atoms with Crippen LogP contribution in [0.4, 0.5) is 4.39 Å². The highest BCUT2D eigenvalue weighted by Gasteiger charge is 2.13. The molecule has 0 bridgehead atoms. The Balaban J connectivity index is 2.15. The van der Waals surface area contributed by atoms with Crippen LogP contribution in [0, 0.1) is 19.7 Å². The van der Waals surface area contributed by atoms with Gasteiger partial charge in [-0.1, -0.05) is 6.07 Å². The van der Waals surface area contributed by atoms with E-state index in [4.69, 9.17) is 4.74 Å². The number of aryl methyl sites for hydroxylation is 2. The zero-order valence-electron chi connectivity index (χ0n) is 16.4. The smallest absolute Gasteiger partial charge is 0.192 e. The van der Waals surface area contributed by atoms with Gasteiger partial charge in [-0.3, -0.25) is 4.68 Å². The Morgan fingerprint density at radius 3 is 2.65 bits per heavy atom. The molecule has 142 valence electrons. The third kappa shape index (κ3) is 4.53. The van der Waals surface area contributed by atoms with Crippen LogP contribution in [-0.2, 0) is 13.6 Å². The normalized spacial score (nSPS) is 12.8. The summed E-state index contributed by atoms with van der Waals surface area (Å²) in [5, 5.41) is 11.0. The molecule has 1 heterocycles. The molecule has 0 aliphatic carbocycles. The topological polar surface area (TPSA) is 63.5 Å². The summed E-state index contributed by atoms with van der Waals surface area (Å²) in [6.45, 7) is 9.27. The molecule has 7 heteroatoms. The highest BCUT2D eigenvalue weighted by atomic mass is 19.1. The molecule has 2 aromatic rings. The minimum Gasteiger partial charge on any atom is -0.494 e. The predicted octanol–water partition coefficient (Wildman–Crippen LogP) is 3.00. The largest absolute Gasteiger partial charge is 0.494 e. The van der Waals surface area contributed by atoms with Gasteiger partial charge in [-0.2, -0.15) is 5.10 Å². The van der Waals surface area contributed by atoms with Gasteiger partial charge in [0.2, 0.25) is 0 Å². The van der Waals surface area contributed by atoms with Crippen molar-refractivity contribution in [3.05, 3.63) is 46.5 Å². The molecule has 1 atom stereocenters. The summed E-state index contributed by atoms with van der Waals surface area (Å²) < 4.78 is 20.8. The van der Waals surface area contributed by atoms with Crippen molar-refractivity contribution in [3.8, 4) is 5.75 Å². The lowest BCUT2D eigenvalue weighted by molar-refractivity contribution is 0.386. The summed E-state index contributed by atoms with van der Waals surface area (Å²) in [5.41, 5.74) is 4.03. The van der Waals surface area contributed by atoms with Gasteiger partial charge in [-0.05, 0) is 45.4 Å². The first-order valence-corrected chi connectivity index (χ1v) is 8.74. The van der Waals surface area contributed by atoms with Crippen LogP contribution in [0.1, 0.15) is 42.4 Å². The molecule has 6 nitrogen and oxygen atoms in total. The van der Waals surface area contributed by atoms with Gasteiger partial charge >= 0.3 is 0 Å². The van der Waals surface area contributed by atoms with Crippen LogP contribution in [0.15, 0.2) is 23.2 Å². The van der Waals surface area contributed by atoms with Gasteiger partial charge in [-0.25, -0.2) is 9.38 Å². The Morgan fingerprint density at radius 2 is 2.12 bits per heavy atom. The molecule has 0 amide bonds. The second kappa shape index (κ2) is 8.69. The number of ether oxygens (including phenoxy) is 1. The average Bonchev–Trinajstić information content (AvgIpc) is 2.85. The monoisotopic (exact) mass is 361 g/mol. The number of aliphatic imine (C=N–C) groups is 1. The standard InChI is InChI=1S/C19H28FN5O/c1-7-21-19(22-11-16-13(3)24-25(5)14(16)4)23-12(2)15-8-9-18(26-6)17(20)10-15/h8-10,12H,7,11H2,1-6H3,(H2,21,22,23). The molecular formula is C19H28FN5O. The van der Waals surface area contributed by atoms with E-state index in [1.54, 1.807) is 6.07 Å². The molecule has 0 aliphatic heterocycles. The van der Waals surface area contributed by atoms with Crippen LogP contribution in [0.3, 0.4) is 0 Å². The molecule has 0 fully saturated rings. The van der Waals surface area contributed by atoms with Gasteiger partial charge < -0.3 is 15.4 Å². The molecule has 0 saturated heterocycles. The van der Waals surface area contributed by atoms with Crippen LogP contribution in [-0.4, -0.2) is 29.4 Å². The Kier molecular flexibility index (Phi) is 6.60. The summed E-state index contributed by atoms with van der Waals surface area (Å²) in [6.07, 6.45) is 0. The lowest BCUT2D eigenvalue weighted by Gasteiger charge is -2.18. The van der Waals surface area contributed by atoms with Gasteiger partial charge in [0.1, 0.15) is 0 Å². The Morgan fingerprint density at radius 1 is 1.38 bits per heavy atom. The molecule has 0 radical (unpaired) electrons. The quantitative estimate of drug-likeness (QED) is 0.613. The third-order valence-electron chi connectivity index (χ3n) is 4.43. The van der Waals surface area contributed by atoms with Gasteiger partial charge in [0, 0.05) is 24.8 Å². The van der Waals surface area contributed by atoms with Gasteiger partial charge in [-0.15, -0.1) is 0 Å². The number of methoxy groups -OCH3 is 1. The molecular weight excluding hydrogens is 333 g/mol. The van der Waals surface area contributed by atoms with Crippen molar-refractivity contribution in [3.63, 3.8) is 0 Å². The van der Waals surface area contributed by atoms with E-state index in [1.165, 1.54) is 13.2 Å². The maximum Gasteiger partial charge on any atom is 0.192 e. The molecule has 1 aromatic heterocycles. The van der Waals surface area contributed by atoms with Crippen LogP contribution >= 0.6 is 0 Å². The van der Waals surface area contributed by atoms with E-state index in [1.807, 2.05) is 45.5 Å². The lowest BCUT2D eigenvalue weighted by atomic mass is 10.1. The van der Waals surface area contributed by atoms with Crippen molar-refractivity contribution in [2.45, 2.75) is 40.3 Å². The lowest BCUT2D eigenvalue weighted by Crippen LogP contribution is -2.38. The van der Waals surface area contributed by atoms with Crippen LogP contribution in [0.5, 0.6) is 5.75 Å². The van der Waals surface area contributed by atoms with Gasteiger partial charge in [0.15, 0.2) is 17.5 Å². The van der Waals surface area contributed by atoms with E-state index in [0.29, 0.717) is 12.5 Å². The fourth-order valence-electron chi connectivity index (χ4n) is 2.76. The zero-order valence-corrected chi connectivity index (χ0v) is 16.4. The first-order chi connectivity index (χ1) is 12.4. The molecule has 0 saturated carbocycles. The Bertz CT molecular complexity index is 784. The van der Waals surface area contributed by atoms with Gasteiger partial charge in [0.05, 0.1) is 25.4 Å². The van der Waals surface area contributed by atoms with Crippen molar-refractivity contribution in [1.82, 2.24) is 20.4 Å². The SMILES string of the molecule is CCNC(=NCc1c(C)nn(C)c1C)NC(C)c1ccc(OC)c(F)c1. The number of hydrogen-bond donors (Lipinski definition) is 2. The van der Waals surface area contributed by atoms with Gasteiger partial charge in [0.25, 0.3) is 0 Å². The maximum absolute atomic E-state index is 13.9. The number of rotatable bonds is 6. The maximum atomic E-state index is 13.9. The highest BCUT2D eigenvalue weighted by molar-refractivity contribution is 5.80. The molecule has 2 rings (SSSR count). The molecule has 26 heavy (non-hydrogen) atoms. The number of halogens is 1. The van der Waals surface area contributed by atoms with Crippen molar-refractivity contribution in [2.75, 3.05) is 13.7 Å². The van der Waals surface area contributed by atoms with E-state index in [9.17, 15) is 4.39 Å². The number of aromatic nitrogens is 2. The first kappa shape index (κ1) is 19.8. The molecule has 1 unspecified atom stereocenters. The minimum atomic E-state index is -0.373. The number of benzene rings is 1. The predicted molar refractivity (Wildman–Crippen MR) is 102 cm³/mol. The summed E-state index contributed by atoms with van der Waals surface area (Å²) in [5.74, 6) is 0.546. The molecule has 0 aliphatic rings. The second-order valence-electron chi connectivity index (χ2n) is 6.23. The molecule has 2 N–H and O–H groups in total. The summed E-state index contributed by atoms with van der Waals surface area (Å²) in [6, 6.07) is 4.85. The van der Waals surface area contributed by atoms with Crippen molar-refractivity contribution >= 4 is 5.96 Å². The van der Waals surface area contributed by atoms with Crippen molar-refractivity contribution in [2.24, 2.45) is 12.0 Å². The minimum absolute atomic E-state index is 0.107. The number of nitrogens with zero attached hydrogens (tertiary/aromatic N) is 3. The van der Waals surface area contributed by atoms with Crippen molar-refractivity contribution in [1.29, 1.82) is 0 Å². The van der Waals surface area contributed by atoms with E-state index < -0.39 is 0 Å². The van der Waals surface area contributed by atoms with E-state index >= 15 is 0 Å². The fourth-order valence-corrected chi connectivity index (χ4v) is 2.76. The average molecular weight is 361 g/mol. The molecule has 1 aromatic carbocycles. The number of guanidine groups is 1. The Labute approximate surface area is 154 Å². The van der Waals surface area contributed by atoms with Crippen molar-refractivity contribution < 1.29 is 9.13 Å². The fraction of sp³-hybridized carbons (Fsp3) is 0.474. The van der Waals surface area contributed by atoms with Crippen LogP contribution < -0.4 is 15.4 Å². The third-order valence-corrected chi connectivity index (χ3v) is 4.43. The summed E-state index contributed by atoms with van der Waals surface area (Å²) >= 11 is 0. The number of hydrogen-bond acceptors (Lipinski definition) is 3. The van der Waals surface area contributed by atoms with E-state index in [0.717, 1.165) is 29.1 Å². The second-order valence-corrected chi connectivity index (χ2v) is 6.23. The van der Waals surface area contributed by atoms with Crippen LogP contribution in [0.2, 0.25) is 0 Å². The Hall–Kier alpha value is -2.57. The summed E-state index contributed by atoms with van der Waals surface area (Å²) in [4.78, 5) is 4.66. The number of nitrogens with one attached hydrogen (secondary N) is 2. The van der Waals surface area contributed by atoms with Crippen LogP contribution in [0.25, 0.3) is 0 Å².